The molecule has 0 spiro atoms. The SMILES string of the molecule is CC[C@H](NC(=O)C(Cl)(Cl)Cl)/C(F)=C/[C@@H](C)CO[Si](c1ccccc1)(c1ccccc1)C(C)(C)C. The van der Waals surface area contributed by atoms with E-state index in [4.69, 9.17) is 39.2 Å². The van der Waals surface area contributed by atoms with Crippen molar-refractivity contribution >= 4 is 59.4 Å². The van der Waals surface area contributed by atoms with Gasteiger partial charge in [0.25, 0.3) is 18.0 Å². The van der Waals surface area contributed by atoms with Gasteiger partial charge in [0.2, 0.25) is 0 Å². The van der Waals surface area contributed by atoms with Crippen LogP contribution in [0.4, 0.5) is 4.39 Å². The van der Waals surface area contributed by atoms with Gasteiger partial charge in [-0.2, -0.15) is 0 Å². The number of amides is 1. The largest absolute Gasteiger partial charge is 0.407 e. The second-order valence-corrected chi connectivity index (χ2v) is 16.0. The maximum absolute atomic E-state index is 15.0. The van der Waals surface area contributed by atoms with Gasteiger partial charge in [0.15, 0.2) is 0 Å². The Kier molecular flexibility index (Phi) is 10.2. The van der Waals surface area contributed by atoms with Crippen LogP contribution in [0.3, 0.4) is 0 Å². The summed E-state index contributed by atoms with van der Waals surface area (Å²) in [6.45, 7) is 10.5. The summed E-state index contributed by atoms with van der Waals surface area (Å²) in [5.74, 6) is -1.59. The van der Waals surface area contributed by atoms with Crippen molar-refractivity contribution < 1.29 is 13.6 Å². The number of rotatable bonds is 9. The highest BCUT2D eigenvalue weighted by atomic mass is 35.6. The van der Waals surface area contributed by atoms with Crippen molar-refractivity contribution in [1.82, 2.24) is 5.32 Å². The summed E-state index contributed by atoms with van der Waals surface area (Å²) in [5.41, 5.74) is 0. The van der Waals surface area contributed by atoms with E-state index in [9.17, 15) is 4.79 Å². The number of nitrogens with one attached hydrogen (secondary N) is 1. The third kappa shape index (κ3) is 7.08. The molecule has 1 amide bonds. The van der Waals surface area contributed by atoms with Gasteiger partial charge in [-0.05, 0) is 33.8 Å². The Morgan fingerprint density at radius 3 is 1.88 bits per heavy atom. The van der Waals surface area contributed by atoms with Crippen LogP contribution in [0.15, 0.2) is 72.6 Å². The van der Waals surface area contributed by atoms with Gasteiger partial charge in [-0.15, -0.1) is 0 Å². The lowest BCUT2D eigenvalue weighted by molar-refractivity contribution is -0.120. The molecule has 0 aromatic heterocycles. The van der Waals surface area contributed by atoms with E-state index >= 15 is 4.39 Å². The quantitative estimate of drug-likeness (QED) is 0.296. The predicted octanol–water partition coefficient (Wildman–Crippen LogP) is 6.32. The Morgan fingerprint density at radius 1 is 1.03 bits per heavy atom. The van der Waals surface area contributed by atoms with Crippen molar-refractivity contribution in [1.29, 1.82) is 0 Å². The molecule has 8 heteroatoms. The number of halogens is 4. The third-order valence-electron chi connectivity index (χ3n) is 5.73. The van der Waals surface area contributed by atoms with Gasteiger partial charge in [0.1, 0.15) is 5.83 Å². The van der Waals surface area contributed by atoms with Crippen LogP contribution in [0.1, 0.15) is 41.0 Å². The van der Waals surface area contributed by atoms with Crippen LogP contribution >= 0.6 is 34.8 Å². The molecule has 186 valence electrons. The highest BCUT2D eigenvalue weighted by Crippen LogP contribution is 2.37. The molecule has 0 aliphatic heterocycles. The molecule has 2 aromatic rings. The summed E-state index contributed by atoms with van der Waals surface area (Å²) in [7, 11) is -2.72. The van der Waals surface area contributed by atoms with Gasteiger partial charge in [-0.3, -0.25) is 4.79 Å². The number of benzene rings is 2. The third-order valence-corrected chi connectivity index (χ3v) is 11.2. The Labute approximate surface area is 218 Å². The van der Waals surface area contributed by atoms with Crippen LogP contribution in [-0.4, -0.2) is 30.7 Å². The fourth-order valence-corrected chi connectivity index (χ4v) is 8.89. The number of hydrogen-bond donors (Lipinski definition) is 1. The molecular formula is C26H33Cl3FNO2Si. The van der Waals surface area contributed by atoms with Gasteiger partial charge < -0.3 is 9.74 Å². The lowest BCUT2D eigenvalue weighted by Gasteiger charge is -2.43. The van der Waals surface area contributed by atoms with Crippen LogP contribution in [0.25, 0.3) is 0 Å². The van der Waals surface area contributed by atoms with E-state index in [-0.39, 0.29) is 11.0 Å². The molecule has 0 fully saturated rings. The van der Waals surface area contributed by atoms with Crippen molar-refractivity contribution in [3.63, 3.8) is 0 Å². The lowest BCUT2D eigenvalue weighted by atomic mass is 10.1. The first kappa shape index (κ1) is 28.9. The molecule has 2 atom stereocenters. The summed E-state index contributed by atoms with van der Waals surface area (Å²) in [6, 6.07) is 19.7. The highest BCUT2D eigenvalue weighted by molar-refractivity contribution is 6.99. The summed E-state index contributed by atoms with van der Waals surface area (Å²) in [5, 5.41) is 4.59. The van der Waals surface area contributed by atoms with E-state index in [0.717, 1.165) is 10.4 Å². The first-order valence-corrected chi connectivity index (χ1v) is 14.4. The molecule has 0 radical (unpaired) electrons. The summed E-state index contributed by atoms with van der Waals surface area (Å²) in [6.07, 6.45) is 1.79. The molecule has 0 saturated heterocycles. The van der Waals surface area contributed by atoms with E-state index in [2.05, 4.69) is 50.4 Å². The standard InChI is InChI=1S/C26H33Cl3FNO2Si/c1-6-23(31-24(32)26(27,28)29)22(30)17-19(2)18-33-34(25(3,4)5,20-13-9-7-10-14-20)21-15-11-8-12-16-21/h7-17,19,23H,6,18H2,1-5H3,(H,31,32)/b22-17-/t19-,23+/m1/s1. The normalized spacial score (nSPS) is 15.0. The van der Waals surface area contributed by atoms with Crippen molar-refractivity contribution in [2.75, 3.05) is 6.61 Å². The summed E-state index contributed by atoms with van der Waals surface area (Å²) < 4.78 is 19.7. The van der Waals surface area contributed by atoms with E-state index in [1.807, 2.05) is 43.3 Å². The van der Waals surface area contributed by atoms with Gasteiger partial charge in [-0.25, -0.2) is 4.39 Å². The monoisotopic (exact) mass is 543 g/mol. The van der Waals surface area contributed by atoms with E-state index in [0.29, 0.717) is 13.0 Å². The minimum Gasteiger partial charge on any atom is -0.407 e. The van der Waals surface area contributed by atoms with Crippen molar-refractivity contribution in [3.05, 3.63) is 72.6 Å². The van der Waals surface area contributed by atoms with E-state index < -0.39 is 29.9 Å². The Bertz CT molecular complexity index is 920. The highest BCUT2D eigenvalue weighted by Gasteiger charge is 2.50. The van der Waals surface area contributed by atoms with E-state index in [1.54, 1.807) is 6.92 Å². The van der Waals surface area contributed by atoms with Gasteiger partial charge in [-0.1, -0.05) is 130 Å². The molecule has 0 heterocycles. The Balaban J connectivity index is 2.34. The average Bonchev–Trinajstić information content (AvgIpc) is 2.77. The van der Waals surface area contributed by atoms with Crippen LogP contribution < -0.4 is 15.7 Å². The molecule has 1 N–H and O–H groups in total. The van der Waals surface area contributed by atoms with Crippen LogP contribution in [0.2, 0.25) is 5.04 Å². The fourth-order valence-electron chi connectivity index (χ4n) is 4.06. The maximum atomic E-state index is 15.0. The lowest BCUT2D eigenvalue weighted by Crippen LogP contribution is -2.66. The molecule has 0 aliphatic carbocycles. The number of hydrogen-bond acceptors (Lipinski definition) is 2. The fraction of sp³-hybridized carbons (Fsp3) is 0.423. The van der Waals surface area contributed by atoms with Gasteiger partial charge in [0.05, 0.1) is 6.04 Å². The van der Waals surface area contributed by atoms with Crippen LogP contribution in [0.5, 0.6) is 0 Å². The molecule has 0 unspecified atom stereocenters. The first-order valence-electron chi connectivity index (χ1n) is 11.3. The minimum absolute atomic E-state index is 0.179. The summed E-state index contributed by atoms with van der Waals surface area (Å²) >= 11 is 16.8. The van der Waals surface area contributed by atoms with Crippen molar-refractivity contribution in [2.45, 2.75) is 55.9 Å². The predicted molar refractivity (Wildman–Crippen MR) is 144 cm³/mol. The van der Waals surface area contributed by atoms with Gasteiger partial charge >= 0.3 is 0 Å². The second kappa shape index (κ2) is 12.0. The topological polar surface area (TPSA) is 38.3 Å². The molecule has 0 aliphatic rings. The summed E-state index contributed by atoms with van der Waals surface area (Å²) in [4.78, 5) is 12.0. The van der Waals surface area contributed by atoms with E-state index in [1.165, 1.54) is 6.08 Å². The van der Waals surface area contributed by atoms with Crippen LogP contribution in [-0.2, 0) is 9.22 Å². The van der Waals surface area contributed by atoms with Crippen molar-refractivity contribution in [3.8, 4) is 0 Å². The smallest absolute Gasteiger partial charge is 0.272 e. The molecule has 0 saturated carbocycles. The minimum atomic E-state index is -2.72. The number of carbonyl (C=O) groups excluding carboxylic acids is 1. The zero-order valence-electron chi connectivity index (χ0n) is 20.2. The Morgan fingerprint density at radius 2 is 1.50 bits per heavy atom. The molecular weight excluding hydrogens is 512 g/mol. The molecule has 2 aromatic carbocycles. The Hall–Kier alpha value is -1.37. The first-order chi connectivity index (χ1) is 15.8. The maximum Gasteiger partial charge on any atom is 0.272 e. The van der Waals surface area contributed by atoms with Crippen LogP contribution in [0, 0.1) is 5.92 Å². The molecule has 2 rings (SSSR count). The number of alkyl halides is 3. The second-order valence-electron chi connectivity index (χ2n) is 9.44. The zero-order chi connectivity index (χ0) is 25.6. The molecule has 3 nitrogen and oxygen atoms in total. The average molecular weight is 545 g/mol. The molecule has 34 heavy (non-hydrogen) atoms. The van der Waals surface area contributed by atoms with Crippen molar-refractivity contribution in [2.24, 2.45) is 5.92 Å². The molecule has 0 bridgehead atoms. The van der Waals surface area contributed by atoms with Gasteiger partial charge in [0, 0.05) is 6.61 Å². The number of carbonyl (C=O) groups is 1. The zero-order valence-corrected chi connectivity index (χ0v) is 23.5.